The summed E-state index contributed by atoms with van der Waals surface area (Å²) >= 11 is 0. The van der Waals surface area contributed by atoms with Gasteiger partial charge >= 0.3 is 0 Å². The van der Waals surface area contributed by atoms with E-state index in [1.54, 1.807) is 35.4 Å². The van der Waals surface area contributed by atoms with Gasteiger partial charge in [-0.1, -0.05) is 0 Å². The van der Waals surface area contributed by atoms with Crippen LogP contribution in [0.1, 0.15) is 37.3 Å². The van der Waals surface area contributed by atoms with E-state index in [9.17, 15) is 10.1 Å². The minimum absolute atomic E-state index is 0.0400. The van der Waals surface area contributed by atoms with Gasteiger partial charge in [-0.25, -0.2) is 19.3 Å². The molecule has 0 spiro atoms. The van der Waals surface area contributed by atoms with E-state index >= 15 is 0 Å². The number of rotatable bonds is 4. The van der Waals surface area contributed by atoms with Gasteiger partial charge in [0.2, 0.25) is 0 Å². The summed E-state index contributed by atoms with van der Waals surface area (Å²) in [6.07, 6.45) is 8.04. The van der Waals surface area contributed by atoms with Crippen molar-refractivity contribution in [3.8, 4) is 11.9 Å². The zero-order valence-electron chi connectivity index (χ0n) is 14.6. The van der Waals surface area contributed by atoms with Crippen molar-refractivity contribution in [1.29, 1.82) is 5.26 Å². The Labute approximate surface area is 155 Å². The first-order valence-electron chi connectivity index (χ1n) is 8.81. The Bertz CT molecular complexity index is 1010. The molecule has 0 unspecified atom stereocenters. The van der Waals surface area contributed by atoms with Gasteiger partial charge in [-0.2, -0.15) is 10.4 Å². The zero-order valence-corrected chi connectivity index (χ0v) is 14.6. The van der Waals surface area contributed by atoms with Gasteiger partial charge in [-0.05, 0) is 43.9 Å². The molecular weight excluding hydrogens is 344 g/mol. The van der Waals surface area contributed by atoms with E-state index in [4.69, 9.17) is 0 Å². The maximum Gasteiger partial charge on any atom is 0.267 e. The second-order valence-electron chi connectivity index (χ2n) is 6.48. The zero-order chi connectivity index (χ0) is 18.6. The van der Waals surface area contributed by atoms with Crippen molar-refractivity contribution in [2.45, 2.75) is 37.8 Å². The van der Waals surface area contributed by atoms with Crippen molar-refractivity contribution in [2.75, 3.05) is 5.32 Å². The number of nitrogens with one attached hydrogen (secondary N) is 1. The first-order chi connectivity index (χ1) is 13.2. The fourth-order valence-corrected chi connectivity index (χ4v) is 3.39. The van der Waals surface area contributed by atoms with Gasteiger partial charge in [0, 0.05) is 18.3 Å². The van der Waals surface area contributed by atoms with Crippen LogP contribution in [0.25, 0.3) is 5.82 Å². The van der Waals surface area contributed by atoms with Crippen LogP contribution in [0.15, 0.2) is 47.9 Å². The summed E-state index contributed by atoms with van der Waals surface area (Å²) < 4.78 is 3.09. The van der Waals surface area contributed by atoms with Crippen LogP contribution in [0.4, 0.5) is 5.82 Å². The van der Waals surface area contributed by atoms with Gasteiger partial charge in [0.05, 0.1) is 11.6 Å². The van der Waals surface area contributed by atoms with Gasteiger partial charge in [-0.15, -0.1) is 5.10 Å². The smallest absolute Gasteiger partial charge is 0.267 e. The molecule has 1 aliphatic carbocycles. The van der Waals surface area contributed by atoms with Crippen molar-refractivity contribution < 1.29 is 0 Å². The average Bonchev–Trinajstić information content (AvgIpc) is 3.24. The molecule has 136 valence electrons. The molecule has 3 heterocycles. The Morgan fingerprint density at radius 3 is 2.78 bits per heavy atom. The summed E-state index contributed by atoms with van der Waals surface area (Å²) in [6, 6.07) is 9.07. The molecule has 0 aliphatic heterocycles. The normalized spacial score (nSPS) is 19.4. The quantitative estimate of drug-likeness (QED) is 0.751. The molecule has 1 N–H and O–H groups in total. The Kier molecular flexibility index (Phi) is 4.61. The van der Waals surface area contributed by atoms with E-state index in [1.165, 1.54) is 17.1 Å². The molecule has 0 atom stereocenters. The number of hydrogen-bond donors (Lipinski definition) is 1. The minimum Gasteiger partial charge on any atom is -0.366 e. The minimum atomic E-state index is -0.119. The summed E-state index contributed by atoms with van der Waals surface area (Å²) in [5, 5.41) is 21.1. The third-order valence-corrected chi connectivity index (χ3v) is 4.78. The highest BCUT2D eigenvalue weighted by Gasteiger charge is 2.24. The second-order valence-corrected chi connectivity index (χ2v) is 6.48. The van der Waals surface area contributed by atoms with Crippen LogP contribution in [-0.4, -0.2) is 35.6 Å². The van der Waals surface area contributed by atoms with E-state index in [0.29, 0.717) is 17.2 Å². The molecule has 3 aromatic rings. The van der Waals surface area contributed by atoms with Crippen LogP contribution in [0.3, 0.4) is 0 Å². The first-order valence-corrected chi connectivity index (χ1v) is 8.81. The number of nitriles is 1. The van der Waals surface area contributed by atoms with Crippen LogP contribution >= 0.6 is 0 Å². The van der Waals surface area contributed by atoms with E-state index in [2.05, 4.69) is 31.6 Å². The molecule has 27 heavy (non-hydrogen) atoms. The van der Waals surface area contributed by atoms with Gasteiger partial charge in [0.15, 0.2) is 5.82 Å². The van der Waals surface area contributed by atoms with E-state index in [1.807, 2.05) is 0 Å². The fraction of sp³-hybridized carbons (Fsp3) is 0.333. The molecular formula is C18H18N8O. The number of hydrogen-bond acceptors (Lipinski definition) is 7. The molecule has 3 aromatic heterocycles. The lowest BCUT2D eigenvalue weighted by molar-refractivity contribution is 0.302. The van der Waals surface area contributed by atoms with Gasteiger partial charge < -0.3 is 5.32 Å². The number of nitrogens with zero attached hydrogens (tertiary/aromatic N) is 7. The SMILES string of the molecule is N#Cc1cccnc1NC1CCC(n2nc(-n3cncn3)ccc2=O)CC1. The van der Waals surface area contributed by atoms with Crippen molar-refractivity contribution in [3.63, 3.8) is 0 Å². The van der Waals surface area contributed by atoms with Crippen molar-refractivity contribution in [2.24, 2.45) is 0 Å². The molecule has 9 nitrogen and oxygen atoms in total. The molecule has 0 aromatic carbocycles. The molecule has 9 heteroatoms. The predicted molar refractivity (Wildman–Crippen MR) is 97.3 cm³/mol. The third kappa shape index (κ3) is 3.55. The summed E-state index contributed by atoms with van der Waals surface area (Å²) in [7, 11) is 0. The summed E-state index contributed by atoms with van der Waals surface area (Å²) in [4.78, 5) is 20.5. The summed E-state index contributed by atoms with van der Waals surface area (Å²) in [6.45, 7) is 0. The maximum atomic E-state index is 12.3. The van der Waals surface area contributed by atoms with Crippen molar-refractivity contribution >= 4 is 5.82 Å². The predicted octanol–water partition coefficient (Wildman–Crippen LogP) is 1.69. The fourth-order valence-electron chi connectivity index (χ4n) is 3.39. The highest BCUT2D eigenvalue weighted by atomic mass is 16.1. The highest BCUT2D eigenvalue weighted by Crippen LogP contribution is 2.29. The summed E-state index contributed by atoms with van der Waals surface area (Å²) in [5.74, 6) is 1.19. The van der Waals surface area contributed by atoms with Crippen LogP contribution in [0.2, 0.25) is 0 Å². The molecule has 0 radical (unpaired) electrons. The Morgan fingerprint density at radius 2 is 2.04 bits per heavy atom. The van der Waals surface area contributed by atoms with Crippen molar-refractivity contribution in [1.82, 2.24) is 29.5 Å². The van der Waals surface area contributed by atoms with Gasteiger partial charge in [0.1, 0.15) is 24.5 Å². The Morgan fingerprint density at radius 1 is 1.19 bits per heavy atom. The molecule has 0 saturated heterocycles. The van der Waals surface area contributed by atoms with Crippen LogP contribution in [0.5, 0.6) is 0 Å². The van der Waals surface area contributed by atoms with E-state index in [0.717, 1.165) is 25.7 Å². The standard InChI is InChI=1S/C18H18N8O/c19-10-13-2-1-9-21-18(13)23-14-3-5-15(6-4-14)26-17(27)8-7-16(24-26)25-12-20-11-22-25/h1-2,7-9,11-12,14-15H,3-6H2,(H,21,23). The average molecular weight is 362 g/mol. The number of aromatic nitrogens is 6. The highest BCUT2D eigenvalue weighted by molar-refractivity contribution is 5.51. The summed E-state index contributed by atoms with van der Waals surface area (Å²) in [5.41, 5.74) is 0.421. The van der Waals surface area contributed by atoms with E-state index < -0.39 is 0 Å². The Balaban J connectivity index is 1.46. The number of pyridine rings is 1. The Hall–Kier alpha value is -3.54. The van der Waals surface area contributed by atoms with Crippen LogP contribution in [-0.2, 0) is 0 Å². The molecule has 0 bridgehead atoms. The number of anilines is 1. The van der Waals surface area contributed by atoms with Crippen molar-refractivity contribution in [3.05, 3.63) is 59.0 Å². The monoisotopic (exact) mass is 362 g/mol. The molecule has 4 rings (SSSR count). The third-order valence-electron chi connectivity index (χ3n) is 4.78. The topological polar surface area (TPSA) is 114 Å². The first kappa shape index (κ1) is 16.9. The van der Waals surface area contributed by atoms with Gasteiger partial charge in [-0.3, -0.25) is 4.79 Å². The lowest BCUT2D eigenvalue weighted by Gasteiger charge is -2.30. The molecule has 1 aliphatic rings. The van der Waals surface area contributed by atoms with Crippen LogP contribution < -0.4 is 10.9 Å². The largest absolute Gasteiger partial charge is 0.366 e. The molecule has 1 saturated carbocycles. The second kappa shape index (κ2) is 7.37. The van der Waals surface area contributed by atoms with Gasteiger partial charge in [0.25, 0.3) is 5.56 Å². The maximum absolute atomic E-state index is 12.3. The van der Waals surface area contributed by atoms with Crippen LogP contribution in [0, 0.1) is 11.3 Å². The lowest BCUT2D eigenvalue weighted by Crippen LogP contribution is -2.33. The molecule has 1 fully saturated rings. The molecule has 0 amide bonds. The lowest BCUT2D eigenvalue weighted by atomic mass is 9.91. The van der Waals surface area contributed by atoms with E-state index in [-0.39, 0.29) is 17.6 Å².